The van der Waals surface area contributed by atoms with Crippen LogP contribution in [0.1, 0.15) is 36.4 Å². The van der Waals surface area contributed by atoms with Crippen molar-refractivity contribution in [2.24, 2.45) is 0 Å². The summed E-state index contributed by atoms with van der Waals surface area (Å²) in [5.74, 6) is 0.929. The van der Waals surface area contributed by atoms with Gasteiger partial charge in [-0.2, -0.15) is 0 Å². The van der Waals surface area contributed by atoms with Crippen LogP contribution in [0.25, 0.3) is 0 Å². The Bertz CT molecular complexity index is 592. The maximum Gasteiger partial charge on any atom is 0.252 e. The molecule has 0 saturated carbocycles. The molecule has 2 aromatic heterocycles. The lowest BCUT2D eigenvalue weighted by atomic mass is 10.0. The van der Waals surface area contributed by atoms with E-state index in [9.17, 15) is 9.90 Å². The van der Waals surface area contributed by atoms with Gasteiger partial charge in [-0.15, -0.1) is 0 Å². The zero-order valence-electron chi connectivity index (χ0n) is 12.8. The standard InChI is InChI=1S/C16H21N3O3/c1-3-8-17-15(20)12-6-7-14(18-10-12)19-11-16(2,21)13-5-4-9-22-13/h4-7,9-10,21H,3,8,11H2,1-2H3,(H,17,20)(H,18,19). The van der Waals surface area contributed by atoms with Crippen LogP contribution in [0.4, 0.5) is 5.82 Å². The Morgan fingerprint density at radius 2 is 2.23 bits per heavy atom. The van der Waals surface area contributed by atoms with Gasteiger partial charge in [0.05, 0.1) is 18.4 Å². The Morgan fingerprint density at radius 1 is 1.41 bits per heavy atom. The maximum atomic E-state index is 11.8. The van der Waals surface area contributed by atoms with Gasteiger partial charge in [0.2, 0.25) is 0 Å². The van der Waals surface area contributed by atoms with Crippen LogP contribution in [0, 0.1) is 0 Å². The molecule has 2 aromatic rings. The second-order valence-electron chi connectivity index (χ2n) is 5.29. The normalized spacial score (nSPS) is 13.4. The van der Waals surface area contributed by atoms with Crippen LogP contribution < -0.4 is 10.6 Å². The average molecular weight is 303 g/mol. The van der Waals surface area contributed by atoms with E-state index in [1.807, 2.05) is 6.92 Å². The lowest BCUT2D eigenvalue weighted by molar-refractivity contribution is 0.0476. The van der Waals surface area contributed by atoms with Crippen LogP contribution >= 0.6 is 0 Å². The van der Waals surface area contributed by atoms with Gasteiger partial charge in [0.1, 0.15) is 17.2 Å². The number of nitrogens with zero attached hydrogens (tertiary/aromatic N) is 1. The SMILES string of the molecule is CCCNC(=O)c1ccc(NCC(C)(O)c2ccco2)nc1. The van der Waals surface area contributed by atoms with E-state index in [1.165, 1.54) is 12.5 Å². The van der Waals surface area contributed by atoms with Crippen LogP contribution in [0.5, 0.6) is 0 Å². The molecule has 0 aliphatic rings. The van der Waals surface area contributed by atoms with Crippen LogP contribution in [0.15, 0.2) is 41.1 Å². The van der Waals surface area contributed by atoms with E-state index in [-0.39, 0.29) is 12.5 Å². The molecule has 0 radical (unpaired) electrons. The topological polar surface area (TPSA) is 87.4 Å². The number of carbonyl (C=O) groups excluding carboxylic acids is 1. The van der Waals surface area contributed by atoms with Gasteiger partial charge in [0.25, 0.3) is 5.91 Å². The van der Waals surface area contributed by atoms with Gasteiger partial charge >= 0.3 is 0 Å². The van der Waals surface area contributed by atoms with Crippen LogP contribution in [-0.4, -0.2) is 29.1 Å². The Balaban J connectivity index is 1.93. The number of furan rings is 1. The monoisotopic (exact) mass is 303 g/mol. The Labute approximate surface area is 129 Å². The minimum Gasteiger partial charge on any atom is -0.466 e. The first-order valence-electron chi connectivity index (χ1n) is 7.27. The lowest BCUT2D eigenvalue weighted by Crippen LogP contribution is -2.30. The highest BCUT2D eigenvalue weighted by molar-refractivity contribution is 5.93. The van der Waals surface area contributed by atoms with Gasteiger partial charge < -0.3 is 20.2 Å². The summed E-state index contributed by atoms with van der Waals surface area (Å²) in [5.41, 5.74) is -0.626. The predicted molar refractivity (Wildman–Crippen MR) is 83.6 cm³/mol. The van der Waals surface area contributed by atoms with Crippen LogP contribution in [0.2, 0.25) is 0 Å². The lowest BCUT2D eigenvalue weighted by Gasteiger charge is -2.21. The van der Waals surface area contributed by atoms with Crippen LogP contribution in [-0.2, 0) is 5.60 Å². The van der Waals surface area contributed by atoms with Gasteiger partial charge in [-0.25, -0.2) is 4.98 Å². The van der Waals surface area contributed by atoms with Crippen molar-refractivity contribution in [1.82, 2.24) is 10.3 Å². The summed E-state index contributed by atoms with van der Waals surface area (Å²) < 4.78 is 5.21. The van der Waals surface area contributed by atoms with Crippen molar-refractivity contribution in [3.63, 3.8) is 0 Å². The molecule has 0 fully saturated rings. The van der Waals surface area contributed by atoms with E-state index < -0.39 is 5.60 Å². The predicted octanol–water partition coefficient (Wildman–Crippen LogP) is 2.13. The molecule has 6 nitrogen and oxygen atoms in total. The minimum absolute atomic E-state index is 0.136. The quantitative estimate of drug-likeness (QED) is 0.729. The molecule has 118 valence electrons. The summed E-state index contributed by atoms with van der Waals surface area (Å²) in [6.45, 7) is 4.54. The number of anilines is 1. The zero-order chi connectivity index (χ0) is 16.0. The number of aliphatic hydroxyl groups is 1. The Morgan fingerprint density at radius 3 is 2.82 bits per heavy atom. The summed E-state index contributed by atoms with van der Waals surface area (Å²) in [6.07, 6.45) is 3.92. The van der Waals surface area contributed by atoms with E-state index in [0.29, 0.717) is 23.7 Å². The van der Waals surface area contributed by atoms with Crippen LogP contribution in [0.3, 0.4) is 0 Å². The fraction of sp³-hybridized carbons (Fsp3) is 0.375. The van der Waals surface area contributed by atoms with Crippen molar-refractivity contribution < 1.29 is 14.3 Å². The van der Waals surface area contributed by atoms with Gasteiger partial charge in [-0.05, 0) is 37.6 Å². The molecule has 22 heavy (non-hydrogen) atoms. The molecular weight excluding hydrogens is 282 g/mol. The molecule has 1 unspecified atom stereocenters. The van der Waals surface area contributed by atoms with Gasteiger partial charge in [0.15, 0.2) is 0 Å². The third-order valence-electron chi connectivity index (χ3n) is 3.23. The van der Waals surface area contributed by atoms with Crippen molar-refractivity contribution in [3.05, 3.63) is 48.0 Å². The molecule has 0 aliphatic carbocycles. The number of nitrogens with one attached hydrogen (secondary N) is 2. The fourth-order valence-electron chi connectivity index (χ4n) is 1.91. The molecule has 0 bridgehead atoms. The summed E-state index contributed by atoms with van der Waals surface area (Å²) in [5, 5.41) is 16.1. The highest BCUT2D eigenvalue weighted by atomic mass is 16.4. The van der Waals surface area contributed by atoms with Gasteiger partial charge in [-0.1, -0.05) is 6.92 Å². The zero-order valence-corrected chi connectivity index (χ0v) is 12.8. The van der Waals surface area contributed by atoms with Gasteiger partial charge in [0, 0.05) is 12.7 Å². The van der Waals surface area contributed by atoms with E-state index in [2.05, 4.69) is 15.6 Å². The Hall–Kier alpha value is -2.34. The molecule has 0 aromatic carbocycles. The number of hydrogen-bond donors (Lipinski definition) is 3. The van der Waals surface area contributed by atoms with Gasteiger partial charge in [-0.3, -0.25) is 4.79 Å². The maximum absolute atomic E-state index is 11.8. The third-order valence-corrected chi connectivity index (χ3v) is 3.23. The summed E-state index contributed by atoms with van der Waals surface area (Å²) in [7, 11) is 0. The smallest absolute Gasteiger partial charge is 0.252 e. The Kier molecular flexibility index (Phi) is 5.16. The first-order valence-corrected chi connectivity index (χ1v) is 7.27. The number of hydrogen-bond acceptors (Lipinski definition) is 5. The highest BCUT2D eigenvalue weighted by Crippen LogP contribution is 2.21. The number of carbonyl (C=O) groups is 1. The number of amides is 1. The van der Waals surface area contributed by atoms with Crippen molar-refractivity contribution >= 4 is 11.7 Å². The number of rotatable bonds is 7. The molecule has 2 rings (SSSR count). The molecule has 1 atom stereocenters. The highest BCUT2D eigenvalue weighted by Gasteiger charge is 2.26. The molecule has 0 spiro atoms. The molecule has 2 heterocycles. The molecular formula is C16H21N3O3. The first kappa shape index (κ1) is 16.0. The molecule has 0 saturated heterocycles. The number of pyridine rings is 1. The van der Waals surface area contributed by atoms with E-state index in [0.717, 1.165) is 6.42 Å². The number of aromatic nitrogens is 1. The average Bonchev–Trinajstić information content (AvgIpc) is 3.06. The van der Waals surface area contributed by atoms with E-state index in [4.69, 9.17) is 4.42 Å². The summed E-state index contributed by atoms with van der Waals surface area (Å²) >= 11 is 0. The summed E-state index contributed by atoms with van der Waals surface area (Å²) in [4.78, 5) is 15.9. The molecule has 0 aliphatic heterocycles. The van der Waals surface area contributed by atoms with E-state index in [1.54, 1.807) is 31.2 Å². The molecule has 1 amide bonds. The second kappa shape index (κ2) is 7.09. The fourth-order valence-corrected chi connectivity index (χ4v) is 1.91. The second-order valence-corrected chi connectivity index (χ2v) is 5.29. The first-order chi connectivity index (χ1) is 10.5. The molecule has 3 N–H and O–H groups in total. The largest absolute Gasteiger partial charge is 0.466 e. The summed E-state index contributed by atoms with van der Waals surface area (Å²) in [6, 6.07) is 6.85. The molecule has 6 heteroatoms. The van der Waals surface area contributed by atoms with Crippen molar-refractivity contribution in [2.45, 2.75) is 25.9 Å². The third kappa shape index (κ3) is 4.08. The van der Waals surface area contributed by atoms with Crippen molar-refractivity contribution in [2.75, 3.05) is 18.4 Å². The minimum atomic E-state index is -1.14. The van der Waals surface area contributed by atoms with Crippen molar-refractivity contribution in [1.29, 1.82) is 0 Å². The van der Waals surface area contributed by atoms with Crippen molar-refractivity contribution in [3.8, 4) is 0 Å². The van der Waals surface area contributed by atoms with E-state index >= 15 is 0 Å².